The molecule has 28 heavy (non-hydrogen) atoms. The molecule has 1 aromatic heterocycles. The second-order valence-corrected chi connectivity index (χ2v) is 6.27. The summed E-state index contributed by atoms with van der Waals surface area (Å²) < 4.78 is 82.9. The fraction of sp³-hybridized carbons (Fsp3) is 0.438. The average Bonchev–Trinajstić information content (AvgIpc) is 3.01. The van der Waals surface area contributed by atoms with Crippen molar-refractivity contribution in [3.05, 3.63) is 46.5 Å². The molecular formula is C16H14F6N4O2. The van der Waals surface area contributed by atoms with Crippen molar-refractivity contribution >= 4 is 6.09 Å². The van der Waals surface area contributed by atoms with Crippen LogP contribution in [0.2, 0.25) is 0 Å². The molecule has 0 unspecified atom stereocenters. The summed E-state index contributed by atoms with van der Waals surface area (Å²) in [5.41, 5.74) is -0.351. The number of aryl methyl sites for hydroxylation is 1. The van der Waals surface area contributed by atoms with Gasteiger partial charge >= 0.3 is 18.4 Å². The second-order valence-electron chi connectivity index (χ2n) is 6.27. The van der Waals surface area contributed by atoms with Crippen LogP contribution in [-0.4, -0.2) is 32.3 Å². The predicted molar refractivity (Wildman–Crippen MR) is 81.8 cm³/mol. The average molecular weight is 408 g/mol. The van der Waals surface area contributed by atoms with Gasteiger partial charge in [0.25, 0.3) is 0 Å². The SMILES string of the molecule is Cc1cc(COC(=O)N2CCn3c(nnc3C(F)(F)F)C2)cc(C(F)(F)F)c1. The van der Waals surface area contributed by atoms with Crippen LogP contribution >= 0.6 is 0 Å². The summed E-state index contributed by atoms with van der Waals surface area (Å²) in [6.07, 6.45) is -10.1. The Hall–Kier alpha value is -2.79. The van der Waals surface area contributed by atoms with Crippen LogP contribution in [0.4, 0.5) is 31.1 Å². The smallest absolute Gasteiger partial charge is 0.445 e. The number of halogens is 6. The van der Waals surface area contributed by atoms with E-state index in [9.17, 15) is 31.1 Å². The van der Waals surface area contributed by atoms with E-state index in [-0.39, 0.29) is 31.0 Å². The number of alkyl halides is 6. The lowest BCUT2D eigenvalue weighted by Gasteiger charge is -2.27. The molecule has 0 atom stereocenters. The maximum Gasteiger partial charge on any atom is 0.451 e. The molecule has 1 amide bonds. The molecule has 1 aliphatic heterocycles. The van der Waals surface area contributed by atoms with Gasteiger partial charge in [-0.2, -0.15) is 26.3 Å². The van der Waals surface area contributed by atoms with Crippen molar-refractivity contribution in [1.82, 2.24) is 19.7 Å². The molecule has 1 aromatic carbocycles. The molecule has 0 aliphatic carbocycles. The van der Waals surface area contributed by atoms with Crippen molar-refractivity contribution in [2.45, 2.75) is 39.0 Å². The van der Waals surface area contributed by atoms with Crippen LogP contribution in [0.15, 0.2) is 18.2 Å². The van der Waals surface area contributed by atoms with Gasteiger partial charge in [0.1, 0.15) is 6.61 Å². The molecule has 152 valence electrons. The number of hydrogen-bond donors (Lipinski definition) is 0. The summed E-state index contributed by atoms with van der Waals surface area (Å²) >= 11 is 0. The van der Waals surface area contributed by atoms with Gasteiger partial charge in [-0.05, 0) is 24.6 Å². The van der Waals surface area contributed by atoms with Gasteiger partial charge in [-0.1, -0.05) is 11.6 Å². The van der Waals surface area contributed by atoms with Gasteiger partial charge in [0.2, 0.25) is 5.82 Å². The Balaban J connectivity index is 1.66. The summed E-state index contributed by atoms with van der Waals surface area (Å²) in [4.78, 5) is 13.3. The minimum Gasteiger partial charge on any atom is -0.445 e. The van der Waals surface area contributed by atoms with E-state index in [1.54, 1.807) is 0 Å². The van der Waals surface area contributed by atoms with Gasteiger partial charge in [0.15, 0.2) is 5.82 Å². The van der Waals surface area contributed by atoms with Gasteiger partial charge in [-0.25, -0.2) is 4.79 Å². The molecular weight excluding hydrogens is 394 g/mol. The van der Waals surface area contributed by atoms with Crippen LogP contribution < -0.4 is 0 Å². The van der Waals surface area contributed by atoms with E-state index in [0.717, 1.165) is 21.6 Å². The Kier molecular flexibility index (Phi) is 4.98. The number of hydrogen-bond acceptors (Lipinski definition) is 4. The highest BCUT2D eigenvalue weighted by Gasteiger charge is 2.40. The molecule has 1 aliphatic rings. The second kappa shape index (κ2) is 6.99. The van der Waals surface area contributed by atoms with E-state index in [2.05, 4.69) is 10.2 Å². The quantitative estimate of drug-likeness (QED) is 0.710. The van der Waals surface area contributed by atoms with Crippen molar-refractivity contribution in [2.75, 3.05) is 6.54 Å². The summed E-state index contributed by atoms with van der Waals surface area (Å²) in [6.45, 7) is 0.587. The van der Waals surface area contributed by atoms with Crippen molar-refractivity contribution in [3.63, 3.8) is 0 Å². The summed E-state index contributed by atoms with van der Waals surface area (Å²) in [6, 6.07) is 3.30. The monoisotopic (exact) mass is 408 g/mol. The third-order valence-electron chi connectivity index (χ3n) is 4.09. The van der Waals surface area contributed by atoms with Crippen LogP contribution in [0.1, 0.15) is 28.3 Å². The lowest BCUT2D eigenvalue weighted by Crippen LogP contribution is -2.39. The Morgan fingerprint density at radius 3 is 2.43 bits per heavy atom. The lowest BCUT2D eigenvalue weighted by atomic mass is 10.1. The first kappa shape index (κ1) is 20.0. The zero-order chi connectivity index (χ0) is 20.7. The summed E-state index contributed by atoms with van der Waals surface area (Å²) in [5.74, 6) is -1.19. The molecule has 2 heterocycles. The number of carbonyl (C=O) groups excluding carboxylic acids is 1. The molecule has 0 N–H and O–H groups in total. The number of carbonyl (C=O) groups is 1. The number of rotatable bonds is 2. The topological polar surface area (TPSA) is 60.2 Å². The standard InChI is InChI=1S/C16H14F6N4O2/c1-9-4-10(6-11(5-9)15(17,18)19)8-28-14(27)25-2-3-26-12(7-25)23-24-13(26)16(20,21)22/h4-6H,2-3,7-8H2,1H3. The maximum absolute atomic E-state index is 12.9. The molecule has 2 aromatic rings. The first-order valence-corrected chi connectivity index (χ1v) is 8.04. The van der Waals surface area contributed by atoms with E-state index in [1.807, 2.05) is 0 Å². The molecule has 0 saturated heterocycles. The third-order valence-corrected chi connectivity index (χ3v) is 4.09. The predicted octanol–water partition coefficient (Wildman–Crippen LogP) is 3.78. The number of fused-ring (bicyclic) bond motifs is 1. The zero-order valence-corrected chi connectivity index (χ0v) is 14.4. The number of amides is 1. The highest BCUT2D eigenvalue weighted by molar-refractivity contribution is 5.67. The van der Waals surface area contributed by atoms with Gasteiger partial charge < -0.3 is 9.30 Å². The van der Waals surface area contributed by atoms with Crippen LogP contribution in [-0.2, 0) is 36.8 Å². The highest BCUT2D eigenvalue weighted by Crippen LogP contribution is 2.31. The van der Waals surface area contributed by atoms with Crippen LogP contribution in [0.5, 0.6) is 0 Å². The minimum absolute atomic E-state index is 0.0505. The summed E-state index contributed by atoms with van der Waals surface area (Å²) in [7, 11) is 0. The number of benzene rings is 1. The molecule has 3 rings (SSSR count). The minimum atomic E-state index is -4.66. The molecule has 6 nitrogen and oxygen atoms in total. The van der Waals surface area contributed by atoms with Crippen molar-refractivity contribution < 1.29 is 35.9 Å². The van der Waals surface area contributed by atoms with E-state index in [0.29, 0.717) is 5.56 Å². The first-order valence-electron chi connectivity index (χ1n) is 8.04. The van der Waals surface area contributed by atoms with Gasteiger partial charge in [0.05, 0.1) is 12.1 Å². The van der Waals surface area contributed by atoms with Gasteiger partial charge in [0, 0.05) is 13.1 Å². The molecule has 0 fully saturated rings. The lowest BCUT2D eigenvalue weighted by molar-refractivity contribution is -0.148. The molecule has 0 spiro atoms. The highest BCUT2D eigenvalue weighted by atomic mass is 19.4. The van der Waals surface area contributed by atoms with Crippen LogP contribution in [0.25, 0.3) is 0 Å². The Bertz CT molecular complexity index is 890. The largest absolute Gasteiger partial charge is 0.451 e. The fourth-order valence-corrected chi connectivity index (χ4v) is 2.87. The molecule has 0 saturated carbocycles. The fourth-order valence-electron chi connectivity index (χ4n) is 2.87. The van der Waals surface area contributed by atoms with Crippen molar-refractivity contribution in [1.29, 1.82) is 0 Å². The van der Waals surface area contributed by atoms with E-state index in [4.69, 9.17) is 4.74 Å². The summed E-state index contributed by atoms with van der Waals surface area (Å²) in [5, 5.41) is 6.54. The van der Waals surface area contributed by atoms with Crippen LogP contribution in [0, 0.1) is 6.92 Å². The van der Waals surface area contributed by atoms with Gasteiger partial charge in [-0.15, -0.1) is 10.2 Å². The van der Waals surface area contributed by atoms with E-state index in [1.165, 1.54) is 13.0 Å². The molecule has 12 heteroatoms. The van der Waals surface area contributed by atoms with Crippen molar-refractivity contribution in [2.24, 2.45) is 0 Å². The number of ether oxygens (including phenoxy) is 1. The van der Waals surface area contributed by atoms with Crippen molar-refractivity contribution in [3.8, 4) is 0 Å². The normalized spacial score (nSPS) is 14.8. The Labute approximate surface area is 154 Å². The molecule has 0 bridgehead atoms. The zero-order valence-electron chi connectivity index (χ0n) is 14.4. The maximum atomic E-state index is 12.9. The van der Waals surface area contributed by atoms with E-state index >= 15 is 0 Å². The Morgan fingerprint density at radius 1 is 1.07 bits per heavy atom. The first-order chi connectivity index (χ1) is 12.9. The third kappa shape index (κ3) is 4.20. The molecule has 0 radical (unpaired) electrons. The number of aromatic nitrogens is 3. The van der Waals surface area contributed by atoms with E-state index < -0.39 is 36.4 Å². The number of nitrogens with zero attached hydrogens (tertiary/aromatic N) is 4. The Morgan fingerprint density at radius 2 is 1.79 bits per heavy atom. The van der Waals surface area contributed by atoms with Gasteiger partial charge in [-0.3, -0.25) is 4.90 Å². The van der Waals surface area contributed by atoms with Crippen LogP contribution in [0.3, 0.4) is 0 Å².